The van der Waals surface area contributed by atoms with E-state index in [4.69, 9.17) is 0 Å². The Labute approximate surface area is 102 Å². The lowest BCUT2D eigenvalue weighted by atomic mass is 10.4. The molecule has 0 aliphatic heterocycles. The van der Waals surface area contributed by atoms with Crippen molar-refractivity contribution in [2.45, 2.75) is 31.6 Å². The Bertz CT molecular complexity index is 436. The van der Waals surface area contributed by atoms with E-state index in [1.807, 2.05) is 13.8 Å². The second kappa shape index (κ2) is 6.12. The lowest BCUT2D eigenvalue weighted by Crippen LogP contribution is -2.32. The molecule has 0 amide bonds. The van der Waals surface area contributed by atoms with Gasteiger partial charge in [-0.25, -0.2) is 12.8 Å². The fourth-order valence-corrected chi connectivity index (χ4v) is 3.23. The molecule has 17 heavy (non-hydrogen) atoms. The molecule has 0 aliphatic rings. The number of halogens is 1. The first-order valence-corrected chi connectivity index (χ1v) is 7.22. The third-order valence-corrected chi connectivity index (χ3v) is 4.31. The minimum Gasteiger partial charge on any atom is -0.207 e. The second-order valence-corrected chi connectivity index (χ2v) is 5.80. The predicted octanol–water partition coefficient (Wildman–Crippen LogP) is 2.64. The van der Waals surface area contributed by atoms with Gasteiger partial charge in [0.1, 0.15) is 5.82 Å². The third-order valence-electron chi connectivity index (χ3n) is 2.40. The average molecular weight is 259 g/mol. The summed E-state index contributed by atoms with van der Waals surface area (Å²) < 4.78 is 38.7. The van der Waals surface area contributed by atoms with Crippen LogP contribution in [-0.4, -0.2) is 25.8 Å². The highest BCUT2D eigenvalue weighted by molar-refractivity contribution is 7.89. The van der Waals surface area contributed by atoms with Gasteiger partial charge in [-0.05, 0) is 37.1 Å². The van der Waals surface area contributed by atoms with E-state index in [1.54, 1.807) is 0 Å². The van der Waals surface area contributed by atoms with Crippen LogP contribution < -0.4 is 0 Å². The first-order valence-electron chi connectivity index (χ1n) is 5.78. The van der Waals surface area contributed by atoms with Gasteiger partial charge in [0, 0.05) is 13.1 Å². The molecule has 96 valence electrons. The van der Waals surface area contributed by atoms with Crippen molar-refractivity contribution in [2.75, 3.05) is 13.1 Å². The molecule has 0 spiro atoms. The van der Waals surface area contributed by atoms with Crippen molar-refractivity contribution >= 4 is 10.0 Å². The summed E-state index contributed by atoms with van der Waals surface area (Å²) >= 11 is 0. The zero-order chi connectivity index (χ0) is 12.9. The number of hydrogen-bond donors (Lipinski definition) is 0. The zero-order valence-corrected chi connectivity index (χ0v) is 11.0. The summed E-state index contributed by atoms with van der Waals surface area (Å²) in [5, 5.41) is 0. The van der Waals surface area contributed by atoms with Crippen molar-refractivity contribution < 1.29 is 12.8 Å². The fraction of sp³-hybridized carbons (Fsp3) is 0.500. The van der Waals surface area contributed by atoms with Crippen LogP contribution in [0.4, 0.5) is 4.39 Å². The van der Waals surface area contributed by atoms with E-state index in [0.717, 1.165) is 12.8 Å². The molecule has 0 saturated carbocycles. The lowest BCUT2D eigenvalue weighted by Gasteiger charge is -2.20. The molecule has 0 fully saturated rings. The number of nitrogens with zero attached hydrogens (tertiary/aromatic N) is 1. The number of hydrogen-bond acceptors (Lipinski definition) is 2. The molecule has 0 unspecified atom stereocenters. The van der Waals surface area contributed by atoms with Crippen LogP contribution in [0.25, 0.3) is 0 Å². The second-order valence-electron chi connectivity index (χ2n) is 3.86. The zero-order valence-electron chi connectivity index (χ0n) is 10.2. The normalized spacial score (nSPS) is 12.0. The Kier molecular flexibility index (Phi) is 5.08. The van der Waals surface area contributed by atoms with E-state index in [9.17, 15) is 12.8 Å². The Morgan fingerprint density at radius 1 is 1.06 bits per heavy atom. The van der Waals surface area contributed by atoms with Gasteiger partial charge in [0.05, 0.1) is 4.90 Å². The van der Waals surface area contributed by atoms with Gasteiger partial charge < -0.3 is 0 Å². The quantitative estimate of drug-likeness (QED) is 0.787. The highest BCUT2D eigenvalue weighted by atomic mass is 32.2. The Hall–Kier alpha value is -0.940. The topological polar surface area (TPSA) is 37.4 Å². The summed E-state index contributed by atoms with van der Waals surface area (Å²) in [6, 6.07) is 4.96. The largest absolute Gasteiger partial charge is 0.243 e. The van der Waals surface area contributed by atoms with E-state index in [1.165, 1.54) is 28.6 Å². The van der Waals surface area contributed by atoms with E-state index >= 15 is 0 Å². The molecule has 0 atom stereocenters. The monoisotopic (exact) mass is 259 g/mol. The van der Waals surface area contributed by atoms with Crippen molar-refractivity contribution in [3.63, 3.8) is 0 Å². The van der Waals surface area contributed by atoms with Crippen molar-refractivity contribution in [1.29, 1.82) is 0 Å². The molecule has 0 bridgehead atoms. The molecule has 0 aliphatic carbocycles. The molecule has 0 N–H and O–H groups in total. The van der Waals surface area contributed by atoms with Gasteiger partial charge in [-0.15, -0.1) is 0 Å². The molecule has 1 aromatic rings. The number of rotatable bonds is 6. The molecule has 0 heterocycles. The molecular formula is C12H18FNO2S. The molecule has 0 saturated heterocycles. The van der Waals surface area contributed by atoms with Gasteiger partial charge in [-0.2, -0.15) is 4.31 Å². The third kappa shape index (κ3) is 3.51. The maximum absolute atomic E-state index is 12.8. The van der Waals surface area contributed by atoms with E-state index < -0.39 is 15.8 Å². The van der Waals surface area contributed by atoms with Crippen LogP contribution in [0.5, 0.6) is 0 Å². The summed E-state index contributed by atoms with van der Waals surface area (Å²) in [7, 11) is -3.48. The van der Waals surface area contributed by atoms with Crippen molar-refractivity contribution in [3.8, 4) is 0 Å². The highest BCUT2D eigenvalue weighted by Crippen LogP contribution is 2.16. The Morgan fingerprint density at radius 2 is 1.53 bits per heavy atom. The Balaban J connectivity index is 3.02. The smallest absolute Gasteiger partial charge is 0.207 e. The van der Waals surface area contributed by atoms with Crippen molar-refractivity contribution in [2.24, 2.45) is 0 Å². The van der Waals surface area contributed by atoms with Gasteiger partial charge in [-0.1, -0.05) is 13.8 Å². The first-order chi connectivity index (χ1) is 8.02. The molecule has 0 aromatic heterocycles. The van der Waals surface area contributed by atoms with Gasteiger partial charge in [0.15, 0.2) is 0 Å². The predicted molar refractivity (Wildman–Crippen MR) is 65.7 cm³/mol. The van der Waals surface area contributed by atoms with Crippen LogP contribution in [0.3, 0.4) is 0 Å². The lowest BCUT2D eigenvalue weighted by molar-refractivity contribution is 0.410. The van der Waals surface area contributed by atoms with E-state index in [2.05, 4.69) is 0 Å². The minimum atomic E-state index is -3.48. The number of sulfonamides is 1. The summed E-state index contributed by atoms with van der Waals surface area (Å²) in [4.78, 5) is 0.154. The van der Waals surface area contributed by atoms with Crippen molar-refractivity contribution in [1.82, 2.24) is 4.31 Å². The molecule has 3 nitrogen and oxygen atoms in total. The first kappa shape index (κ1) is 14.1. The fourth-order valence-electron chi connectivity index (χ4n) is 1.61. The molecule has 1 aromatic carbocycles. The molecule has 0 radical (unpaired) electrons. The highest BCUT2D eigenvalue weighted by Gasteiger charge is 2.22. The van der Waals surface area contributed by atoms with Crippen molar-refractivity contribution in [3.05, 3.63) is 30.1 Å². The van der Waals surface area contributed by atoms with Crippen LogP contribution in [-0.2, 0) is 10.0 Å². The molecule has 5 heteroatoms. The minimum absolute atomic E-state index is 0.154. The van der Waals surface area contributed by atoms with Gasteiger partial charge in [0.25, 0.3) is 0 Å². The molecular weight excluding hydrogens is 241 g/mol. The van der Waals surface area contributed by atoms with Crippen LogP contribution >= 0.6 is 0 Å². The van der Waals surface area contributed by atoms with Crippen LogP contribution in [0.2, 0.25) is 0 Å². The summed E-state index contributed by atoms with van der Waals surface area (Å²) in [5.41, 5.74) is 0. The summed E-state index contributed by atoms with van der Waals surface area (Å²) in [5.74, 6) is -0.429. The van der Waals surface area contributed by atoms with Crippen LogP contribution in [0, 0.1) is 5.82 Å². The number of benzene rings is 1. The average Bonchev–Trinajstić information content (AvgIpc) is 2.29. The van der Waals surface area contributed by atoms with Gasteiger partial charge >= 0.3 is 0 Å². The summed E-state index contributed by atoms with van der Waals surface area (Å²) in [6.07, 6.45) is 1.53. The summed E-state index contributed by atoms with van der Waals surface area (Å²) in [6.45, 7) is 4.85. The van der Waals surface area contributed by atoms with E-state index in [-0.39, 0.29) is 4.90 Å². The standard InChI is InChI=1S/C12H18FNO2S/c1-3-9-14(10-4-2)17(15,16)12-7-5-11(13)6-8-12/h5-8H,3-4,9-10H2,1-2H3. The maximum atomic E-state index is 12.8. The van der Waals surface area contributed by atoms with Gasteiger partial charge in [-0.3, -0.25) is 0 Å². The van der Waals surface area contributed by atoms with Crippen LogP contribution in [0.1, 0.15) is 26.7 Å². The van der Waals surface area contributed by atoms with Crippen LogP contribution in [0.15, 0.2) is 29.2 Å². The Morgan fingerprint density at radius 3 is 1.94 bits per heavy atom. The molecule has 1 rings (SSSR count). The van der Waals surface area contributed by atoms with E-state index in [0.29, 0.717) is 13.1 Å². The van der Waals surface area contributed by atoms with Gasteiger partial charge in [0.2, 0.25) is 10.0 Å². The maximum Gasteiger partial charge on any atom is 0.243 e. The SMILES string of the molecule is CCCN(CCC)S(=O)(=O)c1ccc(F)cc1.